The fraction of sp³-hybridized carbons (Fsp3) is 0.550. The van der Waals surface area contributed by atoms with E-state index in [1.54, 1.807) is 11.0 Å². The van der Waals surface area contributed by atoms with Crippen LogP contribution in [-0.2, 0) is 10.9 Å². The van der Waals surface area contributed by atoms with Gasteiger partial charge in [0.15, 0.2) is 0 Å². The summed E-state index contributed by atoms with van der Waals surface area (Å²) in [5.74, 6) is 0. The summed E-state index contributed by atoms with van der Waals surface area (Å²) < 4.78 is 43.2. The van der Waals surface area contributed by atoms with Gasteiger partial charge in [-0.05, 0) is 64.2 Å². The highest BCUT2D eigenvalue weighted by atomic mass is 19.4. The van der Waals surface area contributed by atoms with Crippen LogP contribution < -0.4 is 0 Å². The quantitative estimate of drug-likeness (QED) is 0.664. The zero-order valence-electron chi connectivity index (χ0n) is 15.5. The standard InChI is InChI=1S/C20H26F3NO2/c1-19(2,3)26-18(25)24-14-5-4-8-17(24)9-6-7-15-10-12-16(13-11-15)20(21,22)23/h6-7,10-13,17H,4-5,8-9,14H2,1-3H3. The lowest BCUT2D eigenvalue weighted by Crippen LogP contribution is -2.45. The van der Waals surface area contributed by atoms with Gasteiger partial charge in [-0.25, -0.2) is 4.79 Å². The van der Waals surface area contributed by atoms with E-state index in [1.807, 2.05) is 26.8 Å². The van der Waals surface area contributed by atoms with Crippen LogP contribution in [-0.4, -0.2) is 29.2 Å². The van der Waals surface area contributed by atoms with E-state index < -0.39 is 17.3 Å². The molecule has 0 aromatic heterocycles. The number of ether oxygens (including phenoxy) is 1. The van der Waals surface area contributed by atoms with Crippen molar-refractivity contribution in [3.63, 3.8) is 0 Å². The lowest BCUT2D eigenvalue weighted by Gasteiger charge is -2.36. The van der Waals surface area contributed by atoms with Crippen molar-refractivity contribution in [2.75, 3.05) is 6.54 Å². The van der Waals surface area contributed by atoms with Crippen molar-refractivity contribution < 1.29 is 22.7 Å². The molecule has 1 aromatic carbocycles. The lowest BCUT2D eigenvalue weighted by atomic mass is 9.99. The Hall–Kier alpha value is -1.98. The summed E-state index contributed by atoms with van der Waals surface area (Å²) in [7, 11) is 0. The minimum absolute atomic E-state index is 0.0595. The number of benzene rings is 1. The van der Waals surface area contributed by atoms with Gasteiger partial charge >= 0.3 is 12.3 Å². The summed E-state index contributed by atoms with van der Waals surface area (Å²) in [5, 5.41) is 0. The molecule has 6 heteroatoms. The highest BCUT2D eigenvalue weighted by Gasteiger charge is 2.30. The van der Waals surface area contributed by atoms with Crippen LogP contribution in [0.5, 0.6) is 0 Å². The van der Waals surface area contributed by atoms with Gasteiger partial charge in [0.25, 0.3) is 0 Å². The lowest BCUT2D eigenvalue weighted by molar-refractivity contribution is -0.137. The van der Waals surface area contributed by atoms with Gasteiger partial charge in [-0.2, -0.15) is 13.2 Å². The first kappa shape index (κ1) is 20.3. The van der Waals surface area contributed by atoms with Gasteiger partial charge < -0.3 is 9.64 Å². The molecular formula is C20H26F3NO2. The number of hydrogen-bond acceptors (Lipinski definition) is 2. The molecule has 1 fully saturated rings. The summed E-state index contributed by atoms with van der Waals surface area (Å²) in [6.07, 6.45) is 2.65. The Morgan fingerprint density at radius 2 is 1.85 bits per heavy atom. The second-order valence-corrected chi connectivity index (χ2v) is 7.58. The molecule has 144 valence electrons. The van der Waals surface area contributed by atoms with Gasteiger partial charge in [-0.15, -0.1) is 0 Å². The van der Waals surface area contributed by atoms with E-state index in [0.29, 0.717) is 18.5 Å². The normalized spacial score (nSPS) is 19.0. The molecule has 0 N–H and O–H groups in total. The fourth-order valence-corrected chi connectivity index (χ4v) is 2.95. The SMILES string of the molecule is CC(C)(C)OC(=O)N1CCCCC1CC=Cc1ccc(C(F)(F)F)cc1. The molecule has 1 heterocycles. The van der Waals surface area contributed by atoms with Crippen LogP contribution in [0.3, 0.4) is 0 Å². The highest BCUT2D eigenvalue weighted by molar-refractivity contribution is 5.68. The van der Waals surface area contributed by atoms with E-state index >= 15 is 0 Å². The van der Waals surface area contributed by atoms with Gasteiger partial charge in [0, 0.05) is 12.6 Å². The number of likely N-dealkylation sites (tertiary alicyclic amines) is 1. The van der Waals surface area contributed by atoms with Crippen LogP contribution in [0.1, 0.15) is 57.6 Å². The average Bonchev–Trinajstić information content (AvgIpc) is 2.53. The maximum atomic E-state index is 12.6. The summed E-state index contributed by atoms with van der Waals surface area (Å²) in [6, 6.07) is 5.11. The molecule has 1 aliphatic heterocycles. The summed E-state index contributed by atoms with van der Waals surface area (Å²) >= 11 is 0. The van der Waals surface area contributed by atoms with E-state index in [2.05, 4.69) is 0 Å². The average molecular weight is 369 g/mol. The van der Waals surface area contributed by atoms with Crippen LogP contribution in [0.25, 0.3) is 6.08 Å². The van der Waals surface area contributed by atoms with E-state index in [0.717, 1.165) is 31.4 Å². The molecule has 2 rings (SSSR count). The molecule has 1 aliphatic rings. The summed E-state index contributed by atoms with van der Waals surface area (Å²) in [5.41, 5.74) is -0.481. The Balaban J connectivity index is 1.97. The predicted octanol–water partition coefficient (Wildman–Crippen LogP) is 5.90. The molecule has 1 aromatic rings. The smallest absolute Gasteiger partial charge is 0.416 e. The molecule has 0 bridgehead atoms. The Labute approximate surface area is 152 Å². The Kier molecular flexibility index (Phi) is 6.37. The molecule has 1 unspecified atom stereocenters. The third kappa shape index (κ3) is 6.07. The molecule has 26 heavy (non-hydrogen) atoms. The van der Waals surface area contributed by atoms with Crippen molar-refractivity contribution in [2.24, 2.45) is 0 Å². The van der Waals surface area contributed by atoms with Crippen LogP contribution in [0.4, 0.5) is 18.0 Å². The van der Waals surface area contributed by atoms with Gasteiger partial charge in [0.05, 0.1) is 5.56 Å². The topological polar surface area (TPSA) is 29.5 Å². The number of piperidine rings is 1. The maximum Gasteiger partial charge on any atom is 0.416 e. The number of rotatable bonds is 3. The number of hydrogen-bond donors (Lipinski definition) is 0. The zero-order chi connectivity index (χ0) is 19.4. The van der Waals surface area contributed by atoms with Crippen molar-refractivity contribution in [3.05, 3.63) is 41.5 Å². The molecule has 1 amide bonds. The predicted molar refractivity (Wildman–Crippen MR) is 95.7 cm³/mol. The van der Waals surface area contributed by atoms with Crippen LogP contribution in [0.2, 0.25) is 0 Å². The third-order valence-electron chi connectivity index (χ3n) is 4.21. The van der Waals surface area contributed by atoms with Gasteiger partial charge in [0.1, 0.15) is 5.60 Å². The van der Waals surface area contributed by atoms with Gasteiger partial charge in [0.2, 0.25) is 0 Å². The zero-order valence-corrected chi connectivity index (χ0v) is 15.5. The number of alkyl halides is 3. The minimum Gasteiger partial charge on any atom is -0.444 e. The second kappa shape index (κ2) is 8.14. The van der Waals surface area contributed by atoms with E-state index in [9.17, 15) is 18.0 Å². The first-order valence-corrected chi connectivity index (χ1v) is 8.90. The number of carbonyl (C=O) groups is 1. The van der Waals surface area contributed by atoms with Crippen LogP contribution in [0.15, 0.2) is 30.3 Å². The first-order valence-electron chi connectivity index (χ1n) is 8.90. The highest BCUT2D eigenvalue weighted by Crippen LogP contribution is 2.29. The molecule has 0 aliphatic carbocycles. The molecule has 0 radical (unpaired) electrons. The Bertz CT molecular complexity index is 630. The monoisotopic (exact) mass is 369 g/mol. The van der Waals surface area contributed by atoms with E-state index in [-0.39, 0.29) is 12.1 Å². The third-order valence-corrected chi connectivity index (χ3v) is 4.21. The van der Waals surface area contributed by atoms with Crippen molar-refractivity contribution >= 4 is 12.2 Å². The molecule has 0 saturated carbocycles. The number of halogens is 3. The van der Waals surface area contributed by atoms with Gasteiger partial charge in [-0.3, -0.25) is 0 Å². The fourth-order valence-electron chi connectivity index (χ4n) is 2.95. The van der Waals surface area contributed by atoms with Crippen molar-refractivity contribution in [3.8, 4) is 0 Å². The minimum atomic E-state index is -4.32. The van der Waals surface area contributed by atoms with Crippen LogP contribution >= 0.6 is 0 Å². The van der Waals surface area contributed by atoms with Gasteiger partial charge in [-0.1, -0.05) is 24.3 Å². The van der Waals surface area contributed by atoms with E-state index in [4.69, 9.17) is 4.74 Å². The number of carbonyl (C=O) groups excluding carboxylic acids is 1. The van der Waals surface area contributed by atoms with Crippen molar-refractivity contribution in [1.82, 2.24) is 4.90 Å². The number of nitrogens with zero attached hydrogens (tertiary/aromatic N) is 1. The molecular weight excluding hydrogens is 343 g/mol. The molecule has 0 spiro atoms. The molecule has 1 saturated heterocycles. The largest absolute Gasteiger partial charge is 0.444 e. The summed E-state index contributed by atoms with van der Waals surface area (Å²) in [4.78, 5) is 14.1. The van der Waals surface area contributed by atoms with Crippen molar-refractivity contribution in [1.29, 1.82) is 0 Å². The molecule has 1 atom stereocenters. The second-order valence-electron chi connectivity index (χ2n) is 7.58. The number of amides is 1. The first-order chi connectivity index (χ1) is 12.1. The van der Waals surface area contributed by atoms with Crippen molar-refractivity contribution in [2.45, 2.75) is 64.3 Å². The summed E-state index contributed by atoms with van der Waals surface area (Å²) in [6.45, 7) is 6.20. The molecule has 3 nitrogen and oxygen atoms in total. The van der Waals surface area contributed by atoms with E-state index in [1.165, 1.54) is 12.1 Å². The Morgan fingerprint density at radius 1 is 1.19 bits per heavy atom. The van der Waals surface area contributed by atoms with Crippen LogP contribution in [0, 0.1) is 0 Å². The Morgan fingerprint density at radius 3 is 2.42 bits per heavy atom. The maximum absolute atomic E-state index is 12.6.